The Bertz CT molecular complexity index is 581. The maximum absolute atomic E-state index is 12.3. The minimum Gasteiger partial charge on any atom is -0.338 e. The van der Waals surface area contributed by atoms with Crippen molar-refractivity contribution in [3.63, 3.8) is 0 Å². The number of pyridine rings is 1. The zero-order valence-electron chi connectivity index (χ0n) is 13.2. The van der Waals surface area contributed by atoms with E-state index in [1.54, 1.807) is 17.3 Å². The first-order valence-corrected chi connectivity index (χ1v) is 7.58. The number of carbonyl (C=O) groups is 1. The molecule has 1 N–H and O–H groups in total. The van der Waals surface area contributed by atoms with Gasteiger partial charge in [-0.1, -0.05) is 13.0 Å². The van der Waals surface area contributed by atoms with Crippen LogP contribution in [-0.4, -0.2) is 38.6 Å². The van der Waals surface area contributed by atoms with Crippen LogP contribution < -0.4 is 5.32 Å². The average Bonchev–Trinajstić information content (AvgIpc) is 2.93. The highest BCUT2D eigenvalue weighted by Crippen LogP contribution is 2.03. The Balaban J connectivity index is 1.85. The fourth-order valence-electron chi connectivity index (χ4n) is 2.21. The maximum Gasteiger partial charge on any atom is 0.317 e. The monoisotopic (exact) mass is 301 g/mol. The number of nitrogens with zero attached hydrogens (tertiary/aromatic N) is 4. The van der Waals surface area contributed by atoms with Crippen molar-refractivity contribution in [1.29, 1.82) is 0 Å². The van der Waals surface area contributed by atoms with Crippen LogP contribution >= 0.6 is 0 Å². The highest BCUT2D eigenvalue weighted by atomic mass is 16.2. The quantitative estimate of drug-likeness (QED) is 0.850. The Kier molecular flexibility index (Phi) is 5.94. The third-order valence-corrected chi connectivity index (χ3v) is 3.45. The van der Waals surface area contributed by atoms with Gasteiger partial charge in [-0.25, -0.2) is 9.78 Å². The van der Waals surface area contributed by atoms with Gasteiger partial charge in [-0.3, -0.25) is 4.98 Å². The Morgan fingerprint density at radius 2 is 2.27 bits per heavy atom. The number of nitrogens with one attached hydrogen (secondary N) is 1. The number of carbonyl (C=O) groups excluding carboxylic acids is 1. The second kappa shape index (κ2) is 8.17. The van der Waals surface area contributed by atoms with Crippen molar-refractivity contribution in [2.24, 2.45) is 7.05 Å². The van der Waals surface area contributed by atoms with E-state index in [2.05, 4.69) is 22.2 Å². The van der Waals surface area contributed by atoms with Crippen LogP contribution in [0.5, 0.6) is 0 Å². The number of rotatable bonds is 7. The van der Waals surface area contributed by atoms with E-state index >= 15 is 0 Å². The lowest BCUT2D eigenvalue weighted by Gasteiger charge is -2.22. The van der Waals surface area contributed by atoms with E-state index in [9.17, 15) is 4.79 Å². The second-order valence-corrected chi connectivity index (χ2v) is 5.22. The summed E-state index contributed by atoms with van der Waals surface area (Å²) in [6, 6.07) is 3.87. The van der Waals surface area contributed by atoms with Crippen LogP contribution in [-0.2, 0) is 20.0 Å². The molecule has 0 aromatic carbocycles. The summed E-state index contributed by atoms with van der Waals surface area (Å²) in [7, 11) is 1.94. The molecule has 0 fully saturated rings. The zero-order valence-corrected chi connectivity index (χ0v) is 13.2. The van der Waals surface area contributed by atoms with Gasteiger partial charge in [0.1, 0.15) is 5.82 Å². The number of hydrogen-bond donors (Lipinski definition) is 1. The standard InChI is InChI=1S/C16H23N5O/c1-3-10-21(13-15-18-9-11-20(15)2)16(22)19-8-6-14-5-4-7-17-12-14/h4-5,7,9,11-12H,3,6,8,10,13H2,1-2H3,(H,19,22). The molecular formula is C16H23N5O. The molecule has 2 heterocycles. The topological polar surface area (TPSA) is 63.1 Å². The molecule has 22 heavy (non-hydrogen) atoms. The number of aryl methyl sites for hydroxylation is 1. The summed E-state index contributed by atoms with van der Waals surface area (Å²) in [5.41, 5.74) is 1.12. The van der Waals surface area contributed by atoms with Gasteiger partial charge < -0.3 is 14.8 Å². The Morgan fingerprint density at radius 3 is 2.91 bits per heavy atom. The third-order valence-electron chi connectivity index (χ3n) is 3.45. The van der Waals surface area contributed by atoms with Crippen LogP contribution in [0.15, 0.2) is 36.9 Å². The van der Waals surface area contributed by atoms with Crippen molar-refractivity contribution in [3.05, 3.63) is 48.3 Å². The summed E-state index contributed by atoms with van der Waals surface area (Å²) < 4.78 is 1.94. The van der Waals surface area contributed by atoms with Crippen LogP contribution in [0.4, 0.5) is 4.79 Å². The molecule has 0 spiro atoms. The smallest absolute Gasteiger partial charge is 0.317 e. The minimum atomic E-state index is -0.0475. The molecule has 2 rings (SSSR count). The largest absolute Gasteiger partial charge is 0.338 e. The normalized spacial score (nSPS) is 10.5. The van der Waals surface area contributed by atoms with E-state index in [-0.39, 0.29) is 6.03 Å². The minimum absolute atomic E-state index is 0.0475. The molecule has 0 aliphatic rings. The van der Waals surface area contributed by atoms with Gasteiger partial charge in [0, 0.05) is 44.9 Å². The number of urea groups is 1. The van der Waals surface area contributed by atoms with Crippen molar-refractivity contribution < 1.29 is 4.79 Å². The van der Waals surface area contributed by atoms with E-state index in [4.69, 9.17) is 0 Å². The van der Waals surface area contributed by atoms with Gasteiger partial charge in [-0.15, -0.1) is 0 Å². The van der Waals surface area contributed by atoms with Crippen molar-refractivity contribution in [1.82, 2.24) is 24.8 Å². The summed E-state index contributed by atoms with van der Waals surface area (Å²) in [5, 5.41) is 2.97. The van der Waals surface area contributed by atoms with Crippen molar-refractivity contribution in [3.8, 4) is 0 Å². The summed E-state index contributed by atoms with van der Waals surface area (Å²) in [6.45, 7) is 3.90. The molecule has 2 aromatic rings. The molecule has 0 aliphatic carbocycles. The molecule has 2 amide bonds. The third kappa shape index (κ3) is 4.58. The number of amides is 2. The lowest BCUT2D eigenvalue weighted by atomic mass is 10.2. The van der Waals surface area contributed by atoms with Crippen LogP contribution in [0.2, 0.25) is 0 Å². The summed E-state index contributed by atoms with van der Waals surface area (Å²) in [6.07, 6.45) is 8.91. The number of imidazole rings is 1. The molecule has 0 radical (unpaired) electrons. The Labute approximate surface area is 131 Å². The predicted octanol–water partition coefficient (Wildman–Crippen LogP) is 1.98. The van der Waals surface area contributed by atoms with Crippen LogP contribution in [0.3, 0.4) is 0 Å². The van der Waals surface area contributed by atoms with Crippen LogP contribution in [0.1, 0.15) is 24.7 Å². The highest BCUT2D eigenvalue weighted by Gasteiger charge is 2.14. The highest BCUT2D eigenvalue weighted by molar-refractivity contribution is 5.74. The Morgan fingerprint density at radius 1 is 1.41 bits per heavy atom. The molecular weight excluding hydrogens is 278 g/mol. The van der Waals surface area contributed by atoms with Gasteiger partial charge in [-0.2, -0.15) is 0 Å². The molecule has 0 atom stereocenters. The lowest BCUT2D eigenvalue weighted by Crippen LogP contribution is -2.41. The fourth-order valence-corrected chi connectivity index (χ4v) is 2.21. The van der Waals surface area contributed by atoms with Crippen LogP contribution in [0, 0.1) is 0 Å². The second-order valence-electron chi connectivity index (χ2n) is 5.22. The molecule has 6 heteroatoms. The first-order valence-electron chi connectivity index (χ1n) is 7.58. The molecule has 0 bridgehead atoms. The van der Waals surface area contributed by atoms with E-state index in [0.29, 0.717) is 19.6 Å². The molecule has 0 saturated heterocycles. The van der Waals surface area contributed by atoms with Crippen molar-refractivity contribution in [2.45, 2.75) is 26.3 Å². The molecule has 2 aromatic heterocycles. The van der Waals surface area contributed by atoms with Crippen molar-refractivity contribution >= 4 is 6.03 Å². The fraction of sp³-hybridized carbons (Fsp3) is 0.438. The van der Waals surface area contributed by atoms with Gasteiger partial charge in [-0.05, 0) is 24.5 Å². The molecule has 0 unspecified atom stereocenters. The SMILES string of the molecule is CCCN(Cc1nccn1C)C(=O)NCCc1cccnc1. The van der Waals surface area contributed by atoms with Crippen molar-refractivity contribution in [2.75, 3.05) is 13.1 Å². The summed E-state index contributed by atoms with van der Waals surface area (Å²) in [5.74, 6) is 0.885. The molecule has 118 valence electrons. The predicted molar refractivity (Wildman–Crippen MR) is 85.2 cm³/mol. The summed E-state index contributed by atoms with van der Waals surface area (Å²) in [4.78, 5) is 22.5. The van der Waals surface area contributed by atoms with E-state index in [0.717, 1.165) is 24.2 Å². The molecule has 6 nitrogen and oxygen atoms in total. The lowest BCUT2D eigenvalue weighted by molar-refractivity contribution is 0.193. The van der Waals surface area contributed by atoms with Gasteiger partial charge in [0.25, 0.3) is 0 Å². The van der Waals surface area contributed by atoms with Gasteiger partial charge in [0.15, 0.2) is 0 Å². The van der Waals surface area contributed by atoms with Gasteiger partial charge in [0.05, 0.1) is 6.54 Å². The van der Waals surface area contributed by atoms with E-state index < -0.39 is 0 Å². The summed E-state index contributed by atoms with van der Waals surface area (Å²) >= 11 is 0. The maximum atomic E-state index is 12.3. The number of aromatic nitrogens is 3. The first-order chi connectivity index (χ1) is 10.7. The zero-order chi connectivity index (χ0) is 15.8. The van der Waals surface area contributed by atoms with Gasteiger partial charge >= 0.3 is 6.03 Å². The van der Waals surface area contributed by atoms with E-state index in [1.807, 2.05) is 36.1 Å². The number of hydrogen-bond acceptors (Lipinski definition) is 3. The van der Waals surface area contributed by atoms with Gasteiger partial charge in [0.2, 0.25) is 0 Å². The van der Waals surface area contributed by atoms with Crippen LogP contribution in [0.25, 0.3) is 0 Å². The Hall–Kier alpha value is -2.37. The molecule has 0 aliphatic heterocycles. The first kappa shape index (κ1) is 16.0. The average molecular weight is 301 g/mol. The molecule has 0 saturated carbocycles. The van der Waals surface area contributed by atoms with E-state index in [1.165, 1.54) is 0 Å².